The Morgan fingerprint density at radius 1 is 1.14 bits per heavy atom. The number of ether oxygens (including phenoxy) is 2. The smallest absolute Gasteiger partial charge is 0.411 e. The van der Waals surface area contributed by atoms with E-state index in [-0.39, 0.29) is 58.8 Å². The molecule has 0 bridgehead atoms. The van der Waals surface area contributed by atoms with Crippen LogP contribution < -0.4 is 26.2 Å². The zero-order valence-corrected chi connectivity index (χ0v) is 27.3. The first kappa shape index (κ1) is 35.0. The number of aryl methyl sites for hydroxylation is 2. The number of hydrogen-bond donors (Lipinski definition) is 2. The first-order chi connectivity index (χ1) is 24.2. The Labute approximate surface area is 285 Å². The van der Waals surface area contributed by atoms with Crippen LogP contribution in [0, 0.1) is 12.7 Å². The van der Waals surface area contributed by atoms with Gasteiger partial charge in [0.15, 0.2) is 0 Å². The van der Waals surface area contributed by atoms with E-state index in [4.69, 9.17) is 9.47 Å². The summed E-state index contributed by atoms with van der Waals surface area (Å²) in [5, 5.41) is 12.9. The first-order valence-corrected chi connectivity index (χ1v) is 15.5. The Morgan fingerprint density at radius 3 is 2.59 bits per heavy atom. The lowest BCUT2D eigenvalue weighted by Gasteiger charge is -2.38. The molecule has 2 atom stereocenters. The standard InChI is InChI=1S/C34H30F4N6O7/c1-17-11-19(43-9-10-51-16-26(43)34(36,37)38)13-22(35)28(17)30(45)41-23(32(47)48)12-18-6-7-24(29-20(18)5-4-8-39-29)44-31(46)21-14-27(50-3)40-15-25(21)42(2)33(44)49/h4-8,11,13-15,23,26H,9-10,12,16H2,1-3H3,(H,41,45)(H,47,48)/t23-,26+/m0/s1. The molecule has 0 saturated carbocycles. The third-order valence-corrected chi connectivity index (χ3v) is 8.78. The van der Waals surface area contributed by atoms with Gasteiger partial charge >= 0.3 is 17.8 Å². The van der Waals surface area contributed by atoms with Crippen molar-refractivity contribution in [3.8, 4) is 11.6 Å². The molecule has 2 N–H and O–H groups in total. The van der Waals surface area contributed by atoms with Gasteiger partial charge in [-0.15, -0.1) is 0 Å². The van der Waals surface area contributed by atoms with Crippen molar-refractivity contribution in [3.05, 3.63) is 98.2 Å². The van der Waals surface area contributed by atoms with E-state index in [0.717, 1.165) is 15.5 Å². The summed E-state index contributed by atoms with van der Waals surface area (Å²) < 4.78 is 68.7. The topological polar surface area (TPSA) is 158 Å². The van der Waals surface area contributed by atoms with Crippen LogP contribution >= 0.6 is 0 Å². The molecule has 1 aliphatic rings. The number of rotatable bonds is 8. The fourth-order valence-corrected chi connectivity index (χ4v) is 6.24. The number of amides is 1. The van der Waals surface area contributed by atoms with Crippen LogP contribution in [-0.4, -0.2) is 81.2 Å². The molecular formula is C34H30F4N6O7. The highest BCUT2D eigenvalue weighted by Crippen LogP contribution is 2.33. The van der Waals surface area contributed by atoms with Crippen LogP contribution in [0.25, 0.3) is 27.5 Å². The van der Waals surface area contributed by atoms with Gasteiger partial charge < -0.3 is 24.8 Å². The number of aliphatic carboxylic acids is 1. The maximum atomic E-state index is 15.4. The van der Waals surface area contributed by atoms with Crippen molar-refractivity contribution >= 4 is 39.4 Å². The van der Waals surface area contributed by atoms with Gasteiger partial charge in [-0.05, 0) is 42.3 Å². The first-order valence-electron chi connectivity index (χ1n) is 15.5. The van der Waals surface area contributed by atoms with E-state index in [1.807, 2.05) is 0 Å². The molecule has 6 rings (SSSR count). The highest BCUT2D eigenvalue weighted by atomic mass is 19.4. The van der Waals surface area contributed by atoms with Crippen LogP contribution in [0.1, 0.15) is 21.5 Å². The largest absolute Gasteiger partial charge is 0.481 e. The molecule has 1 aliphatic heterocycles. The third kappa shape index (κ3) is 6.47. The highest BCUT2D eigenvalue weighted by molar-refractivity contribution is 5.99. The van der Waals surface area contributed by atoms with Crippen molar-refractivity contribution in [1.29, 1.82) is 0 Å². The Balaban J connectivity index is 1.33. The summed E-state index contributed by atoms with van der Waals surface area (Å²) >= 11 is 0. The van der Waals surface area contributed by atoms with Crippen molar-refractivity contribution < 1.29 is 41.7 Å². The van der Waals surface area contributed by atoms with E-state index in [2.05, 4.69) is 15.3 Å². The van der Waals surface area contributed by atoms with Crippen LogP contribution in [0.2, 0.25) is 0 Å². The molecule has 3 aromatic heterocycles. The number of pyridine rings is 2. The van der Waals surface area contributed by atoms with Gasteiger partial charge in [0.2, 0.25) is 5.88 Å². The van der Waals surface area contributed by atoms with Gasteiger partial charge in [-0.25, -0.2) is 23.5 Å². The van der Waals surface area contributed by atoms with E-state index in [1.165, 1.54) is 62.3 Å². The van der Waals surface area contributed by atoms with Crippen LogP contribution in [0.15, 0.2) is 64.4 Å². The summed E-state index contributed by atoms with van der Waals surface area (Å²) in [5.41, 5.74) is -1.07. The fraction of sp³-hybridized carbons (Fsp3) is 0.294. The van der Waals surface area contributed by atoms with Gasteiger partial charge in [-0.2, -0.15) is 13.2 Å². The minimum absolute atomic E-state index is 0.00568. The summed E-state index contributed by atoms with van der Waals surface area (Å²) in [6.07, 6.45) is -2.20. The molecule has 0 spiro atoms. The minimum Gasteiger partial charge on any atom is -0.481 e. The molecule has 0 radical (unpaired) electrons. The van der Waals surface area contributed by atoms with Gasteiger partial charge in [0, 0.05) is 43.4 Å². The quantitative estimate of drug-likeness (QED) is 0.229. The Hall–Kier alpha value is -5.84. The molecule has 1 amide bonds. The summed E-state index contributed by atoms with van der Waals surface area (Å²) in [6.45, 7) is 0.529. The summed E-state index contributed by atoms with van der Waals surface area (Å²) in [5.74, 6) is -3.52. The average Bonchev–Trinajstić information content (AvgIpc) is 3.10. The predicted octanol–water partition coefficient (Wildman–Crippen LogP) is 3.28. The zero-order chi connectivity index (χ0) is 36.8. The number of carboxylic acids is 1. The molecule has 1 saturated heterocycles. The van der Waals surface area contributed by atoms with Crippen molar-refractivity contribution in [2.75, 3.05) is 31.8 Å². The lowest BCUT2D eigenvalue weighted by molar-refractivity contribution is -0.167. The molecule has 266 valence electrons. The SMILES string of the molecule is COc1cc2c(=O)n(-c3ccc(C[C@H](NC(=O)c4c(C)cc(N5CCOC[C@@H]5C(F)(F)F)cc4F)C(=O)O)c4cccnc34)c(=O)n(C)c2cn1. The second kappa shape index (κ2) is 13.5. The average molecular weight is 711 g/mol. The number of nitrogens with zero attached hydrogens (tertiary/aromatic N) is 5. The van der Waals surface area contributed by atoms with Gasteiger partial charge in [-0.3, -0.25) is 19.1 Å². The van der Waals surface area contributed by atoms with Gasteiger partial charge in [-0.1, -0.05) is 12.1 Å². The molecule has 4 heterocycles. The molecule has 0 unspecified atom stereocenters. The Kier molecular flexibility index (Phi) is 9.24. The molecule has 2 aromatic carbocycles. The number of carboxylic acid groups (broad SMARTS) is 1. The van der Waals surface area contributed by atoms with Gasteiger partial charge in [0.05, 0.1) is 54.2 Å². The van der Waals surface area contributed by atoms with Gasteiger partial charge in [0.1, 0.15) is 17.9 Å². The van der Waals surface area contributed by atoms with Crippen molar-refractivity contribution in [1.82, 2.24) is 24.4 Å². The van der Waals surface area contributed by atoms with Crippen LogP contribution in [0.3, 0.4) is 0 Å². The normalized spacial score (nSPS) is 15.6. The number of aromatic nitrogens is 4. The summed E-state index contributed by atoms with van der Waals surface area (Å²) in [6, 6.07) is 5.93. The molecular weight excluding hydrogens is 680 g/mol. The fourth-order valence-electron chi connectivity index (χ4n) is 6.24. The monoisotopic (exact) mass is 710 g/mol. The number of halogens is 4. The molecule has 51 heavy (non-hydrogen) atoms. The number of benzene rings is 2. The number of carbonyl (C=O) groups excluding carboxylic acids is 1. The van der Waals surface area contributed by atoms with E-state index in [1.54, 1.807) is 12.1 Å². The lowest BCUT2D eigenvalue weighted by Crippen LogP contribution is -2.53. The van der Waals surface area contributed by atoms with Crippen molar-refractivity contribution in [3.63, 3.8) is 0 Å². The maximum Gasteiger partial charge on any atom is 0.411 e. The maximum absolute atomic E-state index is 15.4. The number of carbonyl (C=O) groups is 2. The number of alkyl halides is 3. The number of fused-ring (bicyclic) bond motifs is 2. The number of nitrogens with one attached hydrogen (secondary N) is 1. The van der Waals surface area contributed by atoms with E-state index >= 15 is 4.39 Å². The van der Waals surface area contributed by atoms with Gasteiger partial charge in [0.25, 0.3) is 11.5 Å². The third-order valence-electron chi connectivity index (χ3n) is 8.78. The second-order valence-corrected chi connectivity index (χ2v) is 11.9. The Morgan fingerprint density at radius 2 is 1.90 bits per heavy atom. The highest BCUT2D eigenvalue weighted by Gasteiger charge is 2.45. The number of anilines is 1. The number of methoxy groups -OCH3 is 1. The molecule has 0 aliphatic carbocycles. The second-order valence-electron chi connectivity index (χ2n) is 11.9. The molecule has 1 fully saturated rings. The van der Waals surface area contributed by atoms with Crippen molar-refractivity contribution in [2.24, 2.45) is 7.05 Å². The summed E-state index contributed by atoms with van der Waals surface area (Å²) in [7, 11) is 2.85. The van der Waals surface area contributed by atoms with E-state index in [9.17, 15) is 37.5 Å². The van der Waals surface area contributed by atoms with Crippen LogP contribution in [0.4, 0.5) is 23.2 Å². The van der Waals surface area contributed by atoms with Crippen LogP contribution in [-0.2, 0) is 23.0 Å². The van der Waals surface area contributed by atoms with Crippen LogP contribution in [0.5, 0.6) is 5.88 Å². The van der Waals surface area contributed by atoms with E-state index in [0.29, 0.717) is 10.9 Å². The molecule has 17 heteroatoms. The molecule has 5 aromatic rings. The summed E-state index contributed by atoms with van der Waals surface area (Å²) in [4.78, 5) is 62.3. The predicted molar refractivity (Wildman–Crippen MR) is 176 cm³/mol. The number of morpholine rings is 1. The molecule has 13 nitrogen and oxygen atoms in total. The lowest BCUT2D eigenvalue weighted by atomic mass is 9.99. The minimum atomic E-state index is -4.65. The Bertz CT molecular complexity index is 2300. The zero-order valence-electron chi connectivity index (χ0n) is 27.3. The number of hydrogen-bond acceptors (Lipinski definition) is 9. The van der Waals surface area contributed by atoms with Crippen molar-refractivity contribution in [2.45, 2.75) is 31.6 Å². The van der Waals surface area contributed by atoms with E-state index < -0.39 is 59.4 Å².